The third-order valence-corrected chi connectivity index (χ3v) is 3.30. The minimum Gasteiger partial charge on any atom is -0.364 e. The Kier molecular flexibility index (Phi) is 3.62. The standard InChI is InChI=1S/C13H18F2N2/c1-3-16-4-6-17(7-5-16)13-11(14)8-10(2)9-12(13)15/h8-9H,3-7H2,1-2H3. The normalized spacial score (nSPS) is 17.5. The number of hydrogen-bond donors (Lipinski definition) is 0. The Hall–Kier alpha value is -1.16. The molecule has 1 heterocycles. The molecule has 0 bridgehead atoms. The van der Waals surface area contributed by atoms with Crippen molar-refractivity contribution >= 4 is 5.69 Å². The van der Waals surface area contributed by atoms with E-state index < -0.39 is 11.6 Å². The van der Waals surface area contributed by atoms with E-state index in [-0.39, 0.29) is 5.69 Å². The molecule has 0 spiro atoms. The highest BCUT2D eigenvalue weighted by Crippen LogP contribution is 2.25. The van der Waals surface area contributed by atoms with Crippen LogP contribution in [0.1, 0.15) is 12.5 Å². The zero-order chi connectivity index (χ0) is 12.4. The van der Waals surface area contributed by atoms with Crippen molar-refractivity contribution in [1.29, 1.82) is 0 Å². The number of halogens is 2. The van der Waals surface area contributed by atoms with Gasteiger partial charge in [-0.05, 0) is 31.2 Å². The third-order valence-electron chi connectivity index (χ3n) is 3.30. The van der Waals surface area contributed by atoms with E-state index in [9.17, 15) is 8.78 Å². The summed E-state index contributed by atoms with van der Waals surface area (Å²) in [5.41, 5.74) is 0.752. The number of piperazine rings is 1. The molecule has 0 amide bonds. The van der Waals surface area contributed by atoms with Crippen LogP contribution in [0, 0.1) is 18.6 Å². The van der Waals surface area contributed by atoms with Gasteiger partial charge in [0.15, 0.2) is 0 Å². The van der Waals surface area contributed by atoms with Gasteiger partial charge in [-0.1, -0.05) is 6.92 Å². The molecule has 2 rings (SSSR count). The van der Waals surface area contributed by atoms with Crippen LogP contribution in [-0.2, 0) is 0 Å². The maximum Gasteiger partial charge on any atom is 0.149 e. The molecule has 0 saturated carbocycles. The summed E-state index contributed by atoms with van der Waals surface area (Å²) in [4.78, 5) is 4.08. The summed E-state index contributed by atoms with van der Waals surface area (Å²) in [6.07, 6.45) is 0. The highest BCUT2D eigenvalue weighted by molar-refractivity contribution is 5.51. The lowest BCUT2D eigenvalue weighted by Crippen LogP contribution is -2.46. The molecule has 4 heteroatoms. The highest BCUT2D eigenvalue weighted by Gasteiger charge is 2.21. The number of benzene rings is 1. The summed E-state index contributed by atoms with van der Waals surface area (Å²) in [5.74, 6) is -0.903. The quantitative estimate of drug-likeness (QED) is 0.783. The van der Waals surface area contributed by atoms with Crippen LogP contribution in [0.4, 0.5) is 14.5 Å². The second-order valence-corrected chi connectivity index (χ2v) is 4.50. The molecule has 17 heavy (non-hydrogen) atoms. The Labute approximate surface area is 101 Å². The number of rotatable bonds is 2. The van der Waals surface area contributed by atoms with Crippen LogP contribution < -0.4 is 4.90 Å². The lowest BCUT2D eigenvalue weighted by atomic mass is 10.1. The first-order valence-corrected chi connectivity index (χ1v) is 6.04. The summed E-state index contributed by atoms with van der Waals surface area (Å²) in [6.45, 7) is 7.89. The second-order valence-electron chi connectivity index (χ2n) is 4.50. The van der Waals surface area contributed by atoms with E-state index in [0.717, 1.165) is 19.6 Å². The van der Waals surface area contributed by atoms with Gasteiger partial charge >= 0.3 is 0 Å². The van der Waals surface area contributed by atoms with Crippen LogP contribution in [-0.4, -0.2) is 37.6 Å². The minimum absolute atomic E-state index is 0.131. The third kappa shape index (κ3) is 2.57. The van der Waals surface area contributed by atoms with Crippen molar-refractivity contribution in [2.45, 2.75) is 13.8 Å². The van der Waals surface area contributed by atoms with Crippen molar-refractivity contribution in [2.24, 2.45) is 0 Å². The zero-order valence-corrected chi connectivity index (χ0v) is 10.3. The largest absolute Gasteiger partial charge is 0.364 e. The molecule has 1 fully saturated rings. The first kappa shape index (κ1) is 12.3. The molecule has 1 saturated heterocycles. The van der Waals surface area contributed by atoms with Crippen molar-refractivity contribution < 1.29 is 8.78 Å². The molecule has 1 aliphatic heterocycles. The van der Waals surface area contributed by atoms with E-state index >= 15 is 0 Å². The number of hydrogen-bond acceptors (Lipinski definition) is 2. The SMILES string of the molecule is CCN1CCN(c2c(F)cc(C)cc2F)CC1. The van der Waals surface area contributed by atoms with Gasteiger partial charge in [0.25, 0.3) is 0 Å². The summed E-state index contributed by atoms with van der Waals surface area (Å²) < 4.78 is 27.6. The summed E-state index contributed by atoms with van der Waals surface area (Å²) >= 11 is 0. The second kappa shape index (κ2) is 5.00. The molecule has 1 aliphatic rings. The van der Waals surface area contributed by atoms with E-state index in [1.165, 1.54) is 12.1 Å². The molecule has 94 valence electrons. The number of nitrogens with zero attached hydrogens (tertiary/aromatic N) is 2. The van der Waals surface area contributed by atoms with Crippen molar-refractivity contribution in [1.82, 2.24) is 4.90 Å². The van der Waals surface area contributed by atoms with Crippen LogP contribution in [0.2, 0.25) is 0 Å². The highest BCUT2D eigenvalue weighted by atomic mass is 19.1. The fraction of sp³-hybridized carbons (Fsp3) is 0.538. The van der Waals surface area contributed by atoms with E-state index in [4.69, 9.17) is 0 Å². The Bertz CT molecular complexity index is 375. The molecule has 0 unspecified atom stereocenters. The molecule has 1 aromatic rings. The monoisotopic (exact) mass is 240 g/mol. The number of anilines is 1. The Morgan fingerprint density at radius 3 is 2.06 bits per heavy atom. The van der Waals surface area contributed by atoms with E-state index in [1.54, 1.807) is 11.8 Å². The maximum absolute atomic E-state index is 13.8. The molecule has 0 radical (unpaired) electrons. The first-order chi connectivity index (χ1) is 8.11. The van der Waals surface area contributed by atoms with Gasteiger partial charge in [0.2, 0.25) is 0 Å². The van der Waals surface area contributed by atoms with Crippen molar-refractivity contribution in [3.63, 3.8) is 0 Å². The smallest absolute Gasteiger partial charge is 0.149 e. The van der Waals surface area contributed by atoms with Crippen molar-refractivity contribution in [3.8, 4) is 0 Å². The van der Waals surface area contributed by atoms with Crippen molar-refractivity contribution in [2.75, 3.05) is 37.6 Å². The maximum atomic E-state index is 13.8. The molecular weight excluding hydrogens is 222 g/mol. The van der Waals surface area contributed by atoms with Gasteiger partial charge in [-0.3, -0.25) is 0 Å². The fourth-order valence-electron chi connectivity index (χ4n) is 2.28. The predicted octanol–water partition coefficient (Wildman–Crippen LogP) is 2.42. The summed E-state index contributed by atoms with van der Waals surface area (Å²) in [6, 6.07) is 2.79. The average Bonchev–Trinajstić information content (AvgIpc) is 2.28. The molecule has 1 aromatic carbocycles. The van der Waals surface area contributed by atoms with E-state index in [2.05, 4.69) is 11.8 Å². The van der Waals surface area contributed by atoms with Crippen LogP contribution in [0.15, 0.2) is 12.1 Å². The van der Waals surface area contributed by atoms with Gasteiger partial charge in [-0.15, -0.1) is 0 Å². The molecular formula is C13H18F2N2. The predicted molar refractivity (Wildman–Crippen MR) is 65.4 cm³/mol. The molecule has 0 aromatic heterocycles. The Balaban J connectivity index is 2.18. The summed E-state index contributed by atoms with van der Waals surface area (Å²) in [5, 5.41) is 0. The first-order valence-electron chi connectivity index (χ1n) is 6.04. The minimum atomic E-state index is -0.451. The van der Waals surface area contributed by atoms with Crippen LogP contribution in [0.5, 0.6) is 0 Å². The molecule has 2 nitrogen and oxygen atoms in total. The zero-order valence-electron chi connectivity index (χ0n) is 10.3. The average molecular weight is 240 g/mol. The lowest BCUT2D eigenvalue weighted by molar-refractivity contribution is 0.269. The molecule has 0 N–H and O–H groups in total. The van der Waals surface area contributed by atoms with Gasteiger partial charge in [0.05, 0.1) is 0 Å². The van der Waals surface area contributed by atoms with Gasteiger partial charge in [0.1, 0.15) is 17.3 Å². The Morgan fingerprint density at radius 2 is 1.59 bits per heavy atom. The van der Waals surface area contributed by atoms with E-state index in [0.29, 0.717) is 18.7 Å². The van der Waals surface area contributed by atoms with Gasteiger partial charge in [-0.25, -0.2) is 8.78 Å². The number of aryl methyl sites for hydroxylation is 1. The van der Waals surface area contributed by atoms with Crippen LogP contribution in [0.25, 0.3) is 0 Å². The fourth-order valence-corrected chi connectivity index (χ4v) is 2.28. The Morgan fingerprint density at radius 1 is 1.06 bits per heavy atom. The lowest BCUT2D eigenvalue weighted by Gasteiger charge is -2.35. The molecule has 0 aliphatic carbocycles. The summed E-state index contributed by atoms with van der Waals surface area (Å²) in [7, 11) is 0. The van der Waals surface area contributed by atoms with Gasteiger partial charge in [-0.2, -0.15) is 0 Å². The van der Waals surface area contributed by atoms with E-state index in [1.807, 2.05) is 0 Å². The van der Waals surface area contributed by atoms with Crippen molar-refractivity contribution in [3.05, 3.63) is 29.3 Å². The van der Waals surface area contributed by atoms with Gasteiger partial charge < -0.3 is 9.80 Å². The molecule has 0 atom stereocenters. The van der Waals surface area contributed by atoms with Gasteiger partial charge in [0, 0.05) is 26.2 Å². The number of likely N-dealkylation sites (N-methyl/N-ethyl adjacent to an activating group) is 1. The topological polar surface area (TPSA) is 6.48 Å². The van der Waals surface area contributed by atoms with Crippen LogP contribution >= 0.6 is 0 Å². The van der Waals surface area contributed by atoms with Crippen LogP contribution in [0.3, 0.4) is 0 Å².